The summed E-state index contributed by atoms with van der Waals surface area (Å²) in [5, 5.41) is 0. The molecule has 0 aromatic heterocycles. The maximum atomic E-state index is 13.4. The standard InChI is InChI=1S/C27H30F6N2O4/c1-17(20-10-22(26(28,29)30)12-23(11-20)27(31,32)33)39-16-25(21-6-4-3-5-7-21)9-8-19(15-38-18(2)36)13-35(25)14-24(34)37/h3-7,10-12,17,19H,8-9,13-16H2,1-2H3,(H2,34,37)/t17-,19+,25-/m1/s1. The van der Waals surface area contributed by atoms with Crippen LogP contribution < -0.4 is 5.73 Å². The SMILES string of the molecule is CC(=O)OC[C@H]1CC[C@@](CO[C@H](C)c2cc(C(F)(F)F)cc(C(F)(F)F)c2)(c2ccccc2)N(CC(N)=O)C1. The minimum absolute atomic E-state index is 0.0701. The Kier molecular flexibility index (Phi) is 9.32. The highest BCUT2D eigenvalue weighted by atomic mass is 19.4. The maximum absolute atomic E-state index is 13.4. The predicted molar refractivity (Wildman–Crippen MR) is 129 cm³/mol. The minimum Gasteiger partial charge on any atom is -0.466 e. The molecule has 1 heterocycles. The second-order valence-corrected chi connectivity index (χ2v) is 9.74. The molecule has 12 heteroatoms. The molecule has 0 aliphatic carbocycles. The van der Waals surface area contributed by atoms with E-state index in [2.05, 4.69) is 0 Å². The van der Waals surface area contributed by atoms with E-state index in [1.165, 1.54) is 13.8 Å². The number of carbonyl (C=O) groups excluding carboxylic acids is 2. The number of piperidine rings is 1. The average Bonchev–Trinajstić information content (AvgIpc) is 2.85. The number of benzene rings is 2. The third-order valence-electron chi connectivity index (χ3n) is 6.88. The topological polar surface area (TPSA) is 81.9 Å². The number of hydrogen-bond acceptors (Lipinski definition) is 5. The van der Waals surface area contributed by atoms with Gasteiger partial charge in [0.25, 0.3) is 0 Å². The summed E-state index contributed by atoms with van der Waals surface area (Å²) < 4.78 is 91.5. The van der Waals surface area contributed by atoms with Crippen LogP contribution in [0.2, 0.25) is 0 Å². The normalized spacial score (nSPS) is 21.4. The molecule has 0 bridgehead atoms. The number of nitrogens with two attached hydrogens (primary N) is 1. The number of primary amides is 1. The van der Waals surface area contributed by atoms with Gasteiger partial charge in [0.2, 0.25) is 5.91 Å². The van der Waals surface area contributed by atoms with Crippen molar-refractivity contribution < 1.29 is 45.4 Å². The zero-order chi connectivity index (χ0) is 29.0. The second-order valence-electron chi connectivity index (χ2n) is 9.74. The molecule has 2 aromatic carbocycles. The van der Waals surface area contributed by atoms with Crippen molar-refractivity contribution in [2.75, 3.05) is 26.3 Å². The van der Waals surface area contributed by atoms with Crippen molar-refractivity contribution in [1.82, 2.24) is 4.90 Å². The summed E-state index contributed by atoms with van der Waals surface area (Å²) in [6.45, 7) is 2.74. The van der Waals surface area contributed by atoms with E-state index in [4.69, 9.17) is 15.2 Å². The van der Waals surface area contributed by atoms with Crippen LogP contribution in [0.5, 0.6) is 0 Å². The van der Waals surface area contributed by atoms with Gasteiger partial charge in [-0.05, 0) is 49.1 Å². The van der Waals surface area contributed by atoms with E-state index in [0.717, 1.165) is 5.56 Å². The number of esters is 1. The Morgan fingerprint density at radius 2 is 1.64 bits per heavy atom. The molecule has 2 aromatic rings. The van der Waals surface area contributed by atoms with E-state index in [9.17, 15) is 35.9 Å². The Morgan fingerprint density at radius 1 is 1.05 bits per heavy atom. The molecule has 0 saturated carbocycles. The van der Waals surface area contributed by atoms with Gasteiger partial charge in [-0.2, -0.15) is 26.3 Å². The Morgan fingerprint density at radius 3 is 2.15 bits per heavy atom. The Bertz CT molecular complexity index is 1120. The fourth-order valence-corrected chi connectivity index (χ4v) is 4.85. The van der Waals surface area contributed by atoms with Gasteiger partial charge >= 0.3 is 18.3 Å². The lowest BCUT2D eigenvalue weighted by atomic mass is 9.77. The molecule has 0 spiro atoms. The summed E-state index contributed by atoms with van der Waals surface area (Å²) in [6.07, 6.45) is -10.2. The highest BCUT2D eigenvalue weighted by Gasteiger charge is 2.45. The lowest BCUT2D eigenvalue weighted by Crippen LogP contribution is -2.57. The highest BCUT2D eigenvalue weighted by Crippen LogP contribution is 2.42. The molecule has 6 nitrogen and oxygen atoms in total. The van der Waals surface area contributed by atoms with Gasteiger partial charge in [-0.15, -0.1) is 0 Å². The fraction of sp³-hybridized carbons (Fsp3) is 0.481. The number of carbonyl (C=O) groups is 2. The first-order valence-corrected chi connectivity index (χ1v) is 12.2. The molecular formula is C27H30F6N2O4. The monoisotopic (exact) mass is 560 g/mol. The summed E-state index contributed by atoms with van der Waals surface area (Å²) in [4.78, 5) is 25.1. The van der Waals surface area contributed by atoms with Crippen LogP contribution in [0.1, 0.15) is 55.0 Å². The molecule has 1 fully saturated rings. The largest absolute Gasteiger partial charge is 0.466 e. The lowest BCUT2D eigenvalue weighted by molar-refractivity contribution is -0.146. The van der Waals surface area contributed by atoms with Gasteiger partial charge in [0.1, 0.15) is 0 Å². The second kappa shape index (κ2) is 12.0. The molecule has 2 N–H and O–H groups in total. The molecule has 1 aliphatic rings. The highest BCUT2D eigenvalue weighted by molar-refractivity contribution is 5.76. The van der Waals surface area contributed by atoms with Gasteiger partial charge in [0, 0.05) is 19.4 Å². The fourth-order valence-electron chi connectivity index (χ4n) is 4.85. The molecule has 3 atom stereocenters. The first-order chi connectivity index (χ1) is 18.1. The molecule has 3 rings (SSSR count). The third kappa shape index (κ3) is 7.72. The number of hydrogen-bond donors (Lipinski definition) is 1. The minimum atomic E-state index is -4.99. The Balaban J connectivity index is 1.96. The molecule has 0 radical (unpaired) electrons. The van der Waals surface area contributed by atoms with Crippen LogP contribution >= 0.6 is 0 Å². The smallest absolute Gasteiger partial charge is 0.416 e. The summed E-state index contributed by atoms with van der Waals surface area (Å²) in [7, 11) is 0. The Labute approximate surface area is 222 Å². The molecule has 214 valence electrons. The quantitative estimate of drug-likeness (QED) is 0.326. The van der Waals surface area contributed by atoms with E-state index in [-0.39, 0.29) is 37.3 Å². The van der Waals surface area contributed by atoms with Crippen LogP contribution in [-0.4, -0.2) is 43.1 Å². The van der Waals surface area contributed by atoms with Gasteiger partial charge in [0.15, 0.2) is 0 Å². The number of likely N-dealkylation sites (tertiary alicyclic amines) is 1. The van der Waals surface area contributed by atoms with Crippen molar-refractivity contribution in [1.29, 1.82) is 0 Å². The van der Waals surface area contributed by atoms with Crippen LogP contribution in [-0.2, 0) is 37.0 Å². The zero-order valence-electron chi connectivity index (χ0n) is 21.4. The number of amides is 1. The molecule has 1 saturated heterocycles. The number of rotatable bonds is 9. The van der Waals surface area contributed by atoms with Crippen molar-refractivity contribution in [3.05, 3.63) is 70.8 Å². The van der Waals surface area contributed by atoms with E-state index >= 15 is 0 Å². The number of alkyl halides is 6. The summed E-state index contributed by atoms with van der Waals surface area (Å²) in [5.41, 5.74) is 2.16. The van der Waals surface area contributed by atoms with Crippen LogP contribution in [0.15, 0.2) is 48.5 Å². The van der Waals surface area contributed by atoms with Gasteiger partial charge in [-0.1, -0.05) is 30.3 Å². The summed E-state index contributed by atoms with van der Waals surface area (Å²) in [6, 6.07) is 10.3. The van der Waals surface area contributed by atoms with E-state index in [1.807, 2.05) is 0 Å². The maximum Gasteiger partial charge on any atom is 0.416 e. The summed E-state index contributed by atoms with van der Waals surface area (Å²) in [5.74, 6) is -1.21. The van der Waals surface area contributed by atoms with Crippen molar-refractivity contribution >= 4 is 11.9 Å². The van der Waals surface area contributed by atoms with Crippen LogP contribution in [0.25, 0.3) is 0 Å². The molecule has 39 heavy (non-hydrogen) atoms. The van der Waals surface area contributed by atoms with E-state index in [0.29, 0.717) is 31.5 Å². The molecule has 1 aliphatic heterocycles. The third-order valence-corrected chi connectivity index (χ3v) is 6.88. The molecular weight excluding hydrogens is 530 g/mol. The van der Waals surface area contributed by atoms with Gasteiger partial charge < -0.3 is 15.2 Å². The van der Waals surface area contributed by atoms with Crippen molar-refractivity contribution in [3.8, 4) is 0 Å². The summed E-state index contributed by atoms with van der Waals surface area (Å²) >= 11 is 0. The Hall–Kier alpha value is -3.12. The first kappa shape index (κ1) is 30.4. The van der Waals surface area contributed by atoms with Crippen LogP contribution in [0, 0.1) is 5.92 Å². The van der Waals surface area contributed by atoms with Gasteiger partial charge in [-0.25, -0.2) is 0 Å². The molecule has 1 amide bonds. The van der Waals surface area contributed by atoms with Crippen LogP contribution in [0.4, 0.5) is 26.3 Å². The lowest BCUT2D eigenvalue weighted by Gasteiger charge is -2.49. The van der Waals surface area contributed by atoms with Crippen LogP contribution in [0.3, 0.4) is 0 Å². The van der Waals surface area contributed by atoms with E-state index < -0.39 is 47.0 Å². The number of nitrogens with zero attached hydrogens (tertiary/aromatic N) is 1. The first-order valence-electron chi connectivity index (χ1n) is 12.2. The van der Waals surface area contributed by atoms with Gasteiger partial charge in [0.05, 0.1) is 42.5 Å². The average molecular weight is 561 g/mol. The van der Waals surface area contributed by atoms with Crippen molar-refractivity contribution in [3.63, 3.8) is 0 Å². The zero-order valence-corrected chi connectivity index (χ0v) is 21.4. The predicted octanol–water partition coefficient (Wildman–Crippen LogP) is 5.46. The molecule has 0 unspecified atom stereocenters. The number of ether oxygens (including phenoxy) is 2. The number of halogens is 6. The van der Waals surface area contributed by atoms with Gasteiger partial charge in [-0.3, -0.25) is 14.5 Å². The van der Waals surface area contributed by atoms with E-state index in [1.54, 1.807) is 35.2 Å². The van der Waals surface area contributed by atoms with Crippen molar-refractivity contribution in [2.45, 2.75) is 50.7 Å². The van der Waals surface area contributed by atoms with Crippen molar-refractivity contribution in [2.24, 2.45) is 11.7 Å².